The van der Waals surface area contributed by atoms with Crippen LogP contribution >= 0.6 is 19.0 Å². The zero-order valence-electron chi connectivity index (χ0n) is 18.1. The van der Waals surface area contributed by atoms with Gasteiger partial charge in [-0.2, -0.15) is 0 Å². The highest BCUT2D eigenvalue weighted by molar-refractivity contribution is 7.69. The van der Waals surface area contributed by atoms with E-state index in [2.05, 4.69) is 0 Å². The summed E-state index contributed by atoms with van der Waals surface area (Å²) in [6, 6.07) is 24.0. The number of carbonyl (C=O) groups excluding carboxylic acids is 2. The number of rotatable bonds is 4. The van der Waals surface area contributed by atoms with Crippen molar-refractivity contribution in [1.82, 2.24) is 0 Å². The van der Waals surface area contributed by atoms with E-state index in [4.69, 9.17) is 11.6 Å². The van der Waals surface area contributed by atoms with Crippen LogP contribution in [-0.4, -0.2) is 30.6 Å². The molecule has 0 aliphatic carbocycles. The summed E-state index contributed by atoms with van der Waals surface area (Å²) in [5, 5.41) is 0.443. The molecular formula is C25H23ClN3O3P. The normalized spacial score (nSPS) is 20.1. The summed E-state index contributed by atoms with van der Waals surface area (Å²) in [5.74, 6) is -0.816. The number of aryl methyl sites for hydroxylation is 1. The van der Waals surface area contributed by atoms with Crippen LogP contribution in [0.3, 0.4) is 0 Å². The number of benzene rings is 3. The first-order valence-electron chi connectivity index (χ1n) is 10.8. The summed E-state index contributed by atoms with van der Waals surface area (Å²) in [4.78, 5) is 28.0. The van der Waals surface area contributed by atoms with E-state index in [1.54, 1.807) is 18.2 Å². The van der Waals surface area contributed by atoms with Gasteiger partial charge in [-0.25, -0.2) is 4.90 Å². The fourth-order valence-corrected chi connectivity index (χ4v) is 8.42. The van der Waals surface area contributed by atoms with Gasteiger partial charge in [0.05, 0.1) is 5.69 Å². The molecule has 6 nitrogen and oxygen atoms in total. The Hall–Kier alpha value is -3.08. The monoisotopic (exact) mass is 479 g/mol. The van der Waals surface area contributed by atoms with E-state index >= 15 is 0 Å². The van der Waals surface area contributed by atoms with Crippen LogP contribution in [0, 0.1) is 6.92 Å². The van der Waals surface area contributed by atoms with Gasteiger partial charge in [-0.15, -0.1) is 0 Å². The van der Waals surface area contributed by atoms with Gasteiger partial charge in [-0.3, -0.25) is 14.2 Å². The number of nitrogens with zero attached hydrogens (tertiary/aromatic N) is 3. The lowest BCUT2D eigenvalue weighted by Crippen LogP contribution is -2.36. The van der Waals surface area contributed by atoms with Crippen molar-refractivity contribution in [2.24, 2.45) is 0 Å². The maximum atomic E-state index is 15.0. The number of carbonyl (C=O) groups is 2. The predicted octanol–water partition coefficient (Wildman–Crippen LogP) is 5.50. The average Bonchev–Trinajstić information content (AvgIpc) is 3.31. The van der Waals surface area contributed by atoms with E-state index in [1.807, 2.05) is 76.9 Å². The molecule has 0 N–H and O–H groups in total. The highest BCUT2D eigenvalue weighted by Crippen LogP contribution is 2.65. The van der Waals surface area contributed by atoms with E-state index in [1.165, 1.54) is 0 Å². The van der Waals surface area contributed by atoms with Crippen molar-refractivity contribution in [3.8, 4) is 0 Å². The van der Waals surface area contributed by atoms with Crippen molar-refractivity contribution in [3.63, 3.8) is 0 Å². The summed E-state index contributed by atoms with van der Waals surface area (Å²) in [6.07, 6.45) is -0.117. The van der Waals surface area contributed by atoms with Gasteiger partial charge in [-0.1, -0.05) is 48.0 Å². The molecule has 1 atom stereocenters. The second-order valence-electron chi connectivity index (χ2n) is 8.28. The molecule has 5 rings (SSSR count). The highest BCUT2D eigenvalue weighted by atomic mass is 35.5. The van der Waals surface area contributed by atoms with Crippen LogP contribution in [-0.2, 0) is 14.2 Å². The molecule has 0 aromatic heterocycles. The molecule has 168 valence electrons. The number of para-hydroxylation sites is 2. The summed E-state index contributed by atoms with van der Waals surface area (Å²) >= 11 is 6.20. The van der Waals surface area contributed by atoms with Gasteiger partial charge in [0, 0.05) is 35.9 Å². The van der Waals surface area contributed by atoms with Crippen molar-refractivity contribution >= 4 is 47.9 Å². The van der Waals surface area contributed by atoms with E-state index < -0.39 is 19.0 Å². The number of hydrogen-bond acceptors (Lipinski definition) is 3. The van der Waals surface area contributed by atoms with Crippen LogP contribution in [0.2, 0.25) is 5.02 Å². The number of amides is 2. The van der Waals surface area contributed by atoms with Crippen LogP contribution in [0.4, 0.5) is 17.1 Å². The fourth-order valence-electron chi connectivity index (χ4n) is 4.73. The number of imide groups is 1. The minimum Gasteiger partial charge on any atom is -0.304 e. The molecule has 8 heteroatoms. The van der Waals surface area contributed by atoms with Gasteiger partial charge in [-0.05, 0) is 55.0 Å². The number of hydrogen-bond donors (Lipinski definition) is 0. The van der Waals surface area contributed by atoms with Crippen molar-refractivity contribution < 1.29 is 14.2 Å². The zero-order chi connectivity index (χ0) is 23.2. The van der Waals surface area contributed by atoms with E-state index in [9.17, 15) is 14.2 Å². The minimum absolute atomic E-state index is 0.117. The third kappa shape index (κ3) is 3.64. The standard InChI is InChI=1S/C25H23ClN3O3P/c1-18-14-19(26)16-22(15-18)29-24(30)17-23(25(29)31)33(32)27(20-8-4-2-5-9-20)12-13-28(33)21-10-6-3-7-11-21/h2-11,14-16,23H,12-13,17H2,1H3. The Morgan fingerprint density at radius 1 is 0.818 bits per heavy atom. The Balaban J connectivity index is 1.60. The molecule has 0 bridgehead atoms. The third-order valence-corrected chi connectivity index (χ3v) is 9.82. The molecule has 3 aromatic rings. The van der Waals surface area contributed by atoms with Crippen molar-refractivity contribution in [2.75, 3.05) is 27.3 Å². The molecule has 0 saturated carbocycles. The Kier molecular flexibility index (Phi) is 5.51. The molecule has 2 amide bonds. The number of anilines is 3. The average molecular weight is 480 g/mol. The first-order chi connectivity index (χ1) is 15.9. The second-order valence-corrected chi connectivity index (χ2v) is 11.5. The van der Waals surface area contributed by atoms with Crippen molar-refractivity contribution in [1.29, 1.82) is 0 Å². The molecule has 33 heavy (non-hydrogen) atoms. The summed E-state index contributed by atoms with van der Waals surface area (Å²) in [7, 11) is -3.54. The molecule has 2 heterocycles. The lowest BCUT2D eigenvalue weighted by atomic mass is 10.2. The van der Waals surface area contributed by atoms with E-state index in [0.717, 1.165) is 21.8 Å². The molecule has 0 radical (unpaired) electrons. The molecule has 1 unspecified atom stereocenters. The Bertz CT molecular complexity index is 1200. The molecule has 2 saturated heterocycles. The van der Waals surface area contributed by atoms with Crippen LogP contribution < -0.4 is 14.2 Å². The Morgan fingerprint density at radius 3 is 1.88 bits per heavy atom. The summed E-state index contributed by atoms with van der Waals surface area (Å²) in [5.41, 5.74) is 1.83. The van der Waals surface area contributed by atoms with Gasteiger partial charge < -0.3 is 9.34 Å². The SMILES string of the molecule is Cc1cc(Cl)cc(N2C(=O)CC(P3(=O)N(c4ccccc4)CCN3c3ccccc3)C2=O)c1. The second kappa shape index (κ2) is 8.36. The smallest absolute Gasteiger partial charge is 0.275 e. The summed E-state index contributed by atoms with van der Waals surface area (Å²) < 4.78 is 18.6. The van der Waals surface area contributed by atoms with Gasteiger partial charge in [0.15, 0.2) is 0 Å². The van der Waals surface area contributed by atoms with Crippen molar-refractivity contribution in [3.05, 3.63) is 89.4 Å². The van der Waals surface area contributed by atoms with Crippen LogP contribution in [0.5, 0.6) is 0 Å². The fraction of sp³-hybridized carbons (Fsp3) is 0.200. The van der Waals surface area contributed by atoms with Crippen LogP contribution in [0.15, 0.2) is 78.9 Å². The molecule has 0 spiro atoms. The lowest BCUT2D eigenvalue weighted by Gasteiger charge is -2.35. The largest absolute Gasteiger partial charge is 0.304 e. The van der Waals surface area contributed by atoms with Crippen molar-refractivity contribution in [2.45, 2.75) is 19.0 Å². The minimum atomic E-state index is -3.54. The first kappa shape index (κ1) is 21.7. The van der Waals surface area contributed by atoms with E-state index in [-0.39, 0.29) is 12.3 Å². The first-order valence-corrected chi connectivity index (χ1v) is 12.9. The Labute approximate surface area is 197 Å². The van der Waals surface area contributed by atoms with Gasteiger partial charge in [0.1, 0.15) is 5.66 Å². The molecule has 3 aromatic carbocycles. The van der Waals surface area contributed by atoms with Gasteiger partial charge >= 0.3 is 0 Å². The third-order valence-electron chi connectivity index (χ3n) is 6.14. The topological polar surface area (TPSA) is 60.9 Å². The molecule has 2 aliphatic rings. The van der Waals surface area contributed by atoms with E-state index in [0.29, 0.717) is 23.8 Å². The van der Waals surface area contributed by atoms with Crippen LogP contribution in [0.1, 0.15) is 12.0 Å². The molecule has 2 fully saturated rings. The maximum absolute atomic E-state index is 15.0. The molecule has 2 aliphatic heterocycles. The van der Waals surface area contributed by atoms with Gasteiger partial charge in [0.2, 0.25) is 11.8 Å². The maximum Gasteiger partial charge on any atom is 0.275 e. The molecular weight excluding hydrogens is 457 g/mol. The lowest BCUT2D eigenvalue weighted by molar-refractivity contribution is -0.121. The van der Waals surface area contributed by atoms with Gasteiger partial charge in [0.25, 0.3) is 7.44 Å². The number of halogens is 1. The quantitative estimate of drug-likeness (QED) is 0.365. The summed E-state index contributed by atoms with van der Waals surface area (Å²) in [6.45, 7) is 2.83. The Morgan fingerprint density at radius 2 is 1.36 bits per heavy atom. The zero-order valence-corrected chi connectivity index (χ0v) is 19.7. The highest BCUT2D eigenvalue weighted by Gasteiger charge is 2.57. The predicted molar refractivity (Wildman–Crippen MR) is 132 cm³/mol. The van der Waals surface area contributed by atoms with Crippen LogP contribution in [0.25, 0.3) is 0 Å².